The molecule has 5 nitrogen and oxygen atoms in total. The number of amides is 1. The van der Waals surface area contributed by atoms with Gasteiger partial charge >= 0.3 is 0 Å². The number of benzene rings is 2. The van der Waals surface area contributed by atoms with E-state index in [1.165, 1.54) is 5.69 Å². The highest BCUT2D eigenvalue weighted by Crippen LogP contribution is 2.50. The zero-order valence-corrected chi connectivity index (χ0v) is 19.6. The van der Waals surface area contributed by atoms with Gasteiger partial charge < -0.3 is 19.6 Å². The molecule has 1 heterocycles. The van der Waals surface area contributed by atoms with Crippen LogP contribution in [0.1, 0.15) is 67.9 Å². The Morgan fingerprint density at radius 1 is 1.09 bits per heavy atom. The highest BCUT2D eigenvalue weighted by molar-refractivity contribution is 5.97. The molecule has 172 valence electrons. The molecule has 1 amide bonds. The molecule has 1 N–H and O–H groups in total. The van der Waals surface area contributed by atoms with E-state index in [4.69, 9.17) is 4.74 Å². The lowest BCUT2D eigenvalue weighted by Gasteiger charge is -2.52. The summed E-state index contributed by atoms with van der Waals surface area (Å²) in [5, 5.41) is 11.5. The van der Waals surface area contributed by atoms with E-state index in [-0.39, 0.29) is 17.9 Å². The SMILES string of the molecule is CCN(CC)c1ccc([C@@H]2[C@@H]3CCCC[C@@]3(O)CCN2C(=O)c2ccccc2OC)cc1. The van der Waals surface area contributed by atoms with Crippen LogP contribution in [-0.2, 0) is 0 Å². The minimum Gasteiger partial charge on any atom is -0.496 e. The highest BCUT2D eigenvalue weighted by atomic mass is 16.5. The second-order valence-electron chi connectivity index (χ2n) is 9.11. The smallest absolute Gasteiger partial charge is 0.258 e. The molecule has 3 atom stereocenters. The molecular weight excluding hydrogens is 400 g/mol. The Labute approximate surface area is 192 Å². The van der Waals surface area contributed by atoms with E-state index in [9.17, 15) is 9.90 Å². The number of piperidine rings is 1. The van der Waals surface area contributed by atoms with Crippen molar-refractivity contribution in [1.82, 2.24) is 4.90 Å². The average molecular weight is 437 g/mol. The molecular formula is C27H36N2O3. The van der Waals surface area contributed by atoms with Gasteiger partial charge in [0.25, 0.3) is 5.91 Å². The molecule has 0 unspecified atom stereocenters. The van der Waals surface area contributed by atoms with Crippen LogP contribution in [0.25, 0.3) is 0 Å². The number of nitrogens with zero attached hydrogens (tertiary/aromatic N) is 2. The van der Waals surface area contributed by atoms with Gasteiger partial charge in [0.05, 0.1) is 24.3 Å². The van der Waals surface area contributed by atoms with Crippen molar-refractivity contribution in [2.24, 2.45) is 5.92 Å². The van der Waals surface area contributed by atoms with E-state index in [2.05, 4.69) is 43.0 Å². The summed E-state index contributed by atoms with van der Waals surface area (Å²) in [5.41, 5.74) is 2.18. The van der Waals surface area contributed by atoms with Crippen molar-refractivity contribution >= 4 is 11.6 Å². The van der Waals surface area contributed by atoms with Gasteiger partial charge in [0, 0.05) is 31.2 Å². The van der Waals surface area contributed by atoms with Crippen LogP contribution in [0.15, 0.2) is 48.5 Å². The Morgan fingerprint density at radius 2 is 1.81 bits per heavy atom. The fourth-order valence-corrected chi connectivity index (χ4v) is 5.77. The molecule has 2 aromatic carbocycles. The van der Waals surface area contributed by atoms with Gasteiger partial charge in [-0.15, -0.1) is 0 Å². The lowest BCUT2D eigenvalue weighted by molar-refractivity contribution is -0.115. The molecule has 0 aromatic heterocycles. The van der Waals surface area contributed by atoms with Crippen LogP contribution < -0.4 is 9.64 Å². The fraction of sp³-hybridized carbons (Fsp3) is 0.519. The van der Waals surface area contributed by atoms with Crippen molar-refractivity contribution in [3.05, 3.63) is 59.7 Å². The Bertz CT molecular complexity index is 925. The van der Waals surface area contributed by atoms with Crippen LogP contribution in [0.3, 0.4) is 0 Å². The van der Waals surface area contributed by atoms with E-state index >= 15 is 0 Å². The predicted octanol–water partition coefficient (Wildman–Crippen LogP) is 5.05. The zero-order valence-electron chi connectivity index (χ0n) is 19.6. The van der Waals surface area contributed by atoms with Gasteiger partial charge in [0.1, 0.15) is 5.75 Å². The molecule has 2 fully saturated rings. The summed E-state index contributed by atoms with van der Waals surface area (Å²) in [6.45, 7) is 6.79. The molecule has 1 aliphatic carbocycles. The first-order valence-electron chi connectivity index (χ1n) is 12.0. The molecule has 2 aromatic rings. The minimum atomic E-state index is -0.696. The van der Waals surface area contributed by atoms with Crippen molar-refractivity contribution in [3.8, 4) is 5.75 Å². The van der Waals surface area contributed by atoms with Gasteiger partial charge in [-0.05, 0) is 62.9 Å². The van der Waals surface area contributed by atoms with Crippen molar-refractivity contribution in [3.63, 3.8) is 0 Å². The molecule has 1 saturated heterocycles. The molecule has 1 saturated carbocycles. The van der Waals surface area contributed by atoms with Crippen LogP contribution in [0.5, 0.6) is 5.75 Å². The van der Waals surface area contributed by atoms with Gasteiger partial charge in [0.2, 0.25) is 0 Å². The summed E-state index contributed by atoms with van der Waals surface area (Å²) in [6, 6.07) is 15.9. The Hall–Kier alpha value is -2.53. The summed E-state index contributed by atoms with van der Waals surface area (Å²) < 4.78 is 5.49. The van der Waals surface area contributed by atoms with E-state index in [1.54, 1.807) is 7.11 Å². The number of aliphatic hydroxyl groups is 1. The zero-order chi connectivity index (χ0) is 22.7. The molecule has 0 radical (unpaired) electrons. The maximum Gasteiger partial charge on any atom is 0.258 e. The van der Waals surface area contributed by atoms with Crippen molar-refractivity contribution in [2.75, 3.05) is 31.6 Å². The van der Waals surface area contributed by atoms with Gasteiger partial charge in [-0.25, -0.2) is 0 Å². The van der Waals surface area contributed by atoms with Crippen molar-refractivity contribution in [2.45, 2.75) is 57.6 Å². The number of rotatable bonds is 6. The molecule has 0 bridgehead atoms. The molecule has 4 rings (SSSR count). The number of ether oxygens (including phenoxy) is 1. The minimum absolute atomic E-state index is 0.0205. The number of hydrogen-bond acceptors (Lipinski definition) is 4. The molecule has 32 heavy (non-hydrogen) atoms. The first-order chi connectivity index (χ1) is 15.5. The summed E-state index contributed by atoms with van der Waals surface area (Å²) in [6.07, 6.45) is 4.54. The molecule has 2 aliphatic rings. The standard InChI is InChI=1S/C27H36N2O3/c1-4-28(5-2)21-15-13-20(14-16-21)25-23-11-8-9-17-27(23,31)18-19-29(25)26(30)22-10-6-7-12-24(22)32-3/h6-7,10,12-16,23,25,31H,4-5,8-9,11,17-19H2,1-3H3/t23-,25+,27+/m0/s1. The number of carbonyl (C=O) groups is 1. The van der Waals surface area contributed by atoms with E-state index < -0.39 is 5.60 Å². The Balaban J connectivity index is 1.73. The van der Waals surface area contributed by atoms with Gasteiger partial charge in [-0.3, -0.25) is 4.79 Å². The number of methoxy groups -OCH3 is 1. The average Bonchev–Trinajstić information content (AvgIpc) is 2.84. The number of likely N-dealkylation sites (tertiary alicyclic amines) is 1. The van der Waals surface area contributed by atoms with Crippen molar-refractivity contribution in [1.29, 1.82) is 0 Å². The monoisotopic (exact) mass is 436 g/mol. The Kier molecular flexibility index (Phi) is 6.75. The van der Waals surface area contributed by atoms with Gasteiger partial charge in [-0.2, -0.15) is 0 Å². The molecule has 1 aliphatic heterocycles. The summed E-state index contributed by atoms with van der Waals surface area (Å²) in [4.78, 5) is 18.1. The second-order valence-corrected chi connectivity index (χ2v) is 9.11. The number of anilines is 1. The third-order valence-electron chi connectivity index (χ3n) is 7.53. The Morgan fingerprint density at radius 3 is 2.50 bits per heavy atom. The normalized spacial score (nSPS) is 25.2. The van der Waals surface area contributed by atoms with Crippen LogP contribution in [-0.4, -0.2) is 48.3 Å². The van der Waals surface area contributed by atoms with Crippen LogP contribution in [0.2, 0.25) is 0 Å². The first kappa shape index (κ1) is 22.7. The van der Waals surface area contributed by atoms with Crippen LogP contribution >= 0.6 is 0 Å². The van der Waals surface area contributed by atoms with Crippen LogP contribution in [0.4, 0.5) is 5.69 Å². The fourth-order valence-electron chi connectivity index (χ4n) is 5.77. The largest absolute Gasteiger partial charge is 0.496 e. The van der Waals surface area contributed by atoms with Gasteiger partial charge in [0.15, 0.2) is 0 Å². The molecule has 5 heteroatoms. The van der Waals surface area contributed by atoms with Gasteiger partial charge in [-0.1, -0.05) is 37.1 Å². The highest BCUT2D eigenvalue weighted by Gasteiger charge is 2.50. The topological polar surface area (TPSA) is 53.0 Å². The number of para-hydroxylation sites is 1. The third kappa shape index (κ3) is 4.11. The molecule has 0 spiro atoms. The first-order valence-corrected chi connectivity index (χ1v) is 12.0. The third-order valence-corrected chi connectivity index (χ3v) is 7.53. The lowest BCUT2D eigenvalue weighted by Crippen LogP contribution is -2.56. The number of carbonyl (C=O) groups excluding carboxylic acids is 1. The number of hydrogen-bond donors (Lipinski definition) is 1. The van der Waals surface area contributed by atoms with Crippen molar-refractivity contribution < 1.29 is 14.6 Å². The quantitative estimate of drug-likeness (QED) is 0.688. The van der Waals surface area contributed by atoms with E-state index in [0.717, 1.165) is 44.3 Å². The summed E-state index contributed by atoms with van der Waals surface area (Å²) in [7, 11) is 1.60. The van der Waals surface area contributed by atoms with Crippen LogP contribution in [0, 0.1) is 5.92 Å². The lowest BCUT2D eigenvalue weighted by atomic mass is 9.66. The van der Waals surface area contributed by atoms with E-state index in [0.29, 0.717) is 24.3 Å². The second kappa shape index (κ2) is 9.53. The maximum absolute atomic E-state index is 13.8. The predicted molar refractivity (Wildman–Crippen MR) is 128 cm³/mol. The summed E-state index contributed by atoms with van der Waals surface area (Å²) >= 11 is 0. The van der Waals surface area contributed by atoms with E-state index in [1.807, 2.05) is 29.2 Å². The maximum atomic E-state index is 13.8. The number of fused-ring (bicyclic) bond motifs is 1. The summed E-state index contributed by atoms with van der Waals surface area (Å²) in [5.74, 6) is 0.619.